The second kappa shape index (κ2) is 4.33. The minimum atomic E-state index is -0.447. The molecule has 0 unspecified atom stereocenters. The van der Waals surface area contributed by atoms with Gasteiger partial charge in [0.1, 0.15) is 6.67 Å². The van der Waals surface area contributed by atoms with Crippen LogP contribution in [0.5, 0.6) is 0 Å². The first-order valence-electron chi connectivity index (χ1n) is 4.81. The van der Waals surface area contributed by atoms with Gasteiger partial charge in [-0.25, -0.2) is 4.79 Å². The molecule has 0 spiro atoms. The van der Waals surface area contributed by atoms with Crippen LogP contribution < -0.4 is 0 Å². The molecule has 0 saturated heterocycles. The first-order valence-corrected chi connectivity index (χ1v) is 4.81. The Bertz CT molecular complexity index is 310. The number of Topliss-reactive ketones (excluding diaryl/α,β-unsaturated/α-hetero) is 1. The Hall–Kier alpha value is -1.52. The molecule has 1 rings (SSSR count). The van der Waals surface area contributed by atoms with E-state index in [1.54, 1.807) is 0 Å². The van der Waals surface area contributed by atoms with Crippen molar-refractivity contribution in [3.05, 3.63) is 11.9 Å². The predicted octanol–water partition coefficient (Wildman–Crippen LogP) is 1.17. The van der Waals surface area contributed by atoms with Crippen LogP contribution in [0.15, 0.2) is 11.9 Å². The normalized spacial score (nSPS) is 15.7. The Morgan fingerprint density at radius 3 is 2.40 bits per heavy atom. The van der Waals surface area contributed by atoms with Gasteiger partial charge in [0.05, 0.1) is 12.8 Å². The lowest BCUT2D eigenvalue weighted by molar-refractivity contribution is -0.115. The molecule has 0 radical (unpaired) electrons. The largest absolute Gasteiger partial charge is 0.452 e. The number of hydrogen-bond donors (Lipinski definition) is 0. The average Bonchev–Trinajstić information content (AvgIpc) is 2.61. The van der Waals surface area contributed by atoms with Crippen molar-refractivity contribution in [2.75, 3.05) is 13.8 Å². The van der Waals surface area contributed by atoms with Crippen LogP contribution in [0, 0.1) is 0 Å². The van der Waals surface area contributed by atoms with E-state index < -0.39 is 6.09 Å². The molecular weight excluding hydrogens is 196 g/mol. The predicted molar refractivity (Wildman–Crippen MR) is 54.9 cm³/mol. The Balaban J connectivity index is 2.87. The summed E-state index contributed by atoms with van der Waals surface area (Å²) < 4.78 is 4.59. The minimum Gasteiger partial charge on any atom is -0.452 e. The Labute approximate surface area is 89.3 Å². The van der Waals surface area contributed by atoms with E-state index in [-0.39, 0.29) is 11.8 Å². The number of amides is 1. The molecule has 0 aromatic carbocycles. The molecule has 0 aromatic rings. The van der Waals surface area contributed by atoms with E-state index >= 15 is 0 Å². The number of hydrogen-bond acceptors (Lipinski definition) is 4. The third kappa shape index (κ3) is 2.29. The van der Waals surface area contributed by atoms with Crippen LogP contribution in [0.3, 0.4) is 0 Å². The minimum absolute atomic E-state index is 0.0462. The zero-order valence-electron chi connectivity index (χ0n) is 9.48. The third-order valence-corrected chi connectivity index (χ3v) is 2.29. The second-order valence-corrected chi connectivity index (χ2v) is 3.72. The molecule has 0 fully saturated rings. The summed E-state index contributed by atoms with van der Waals surface area (Å²) in [5.74, 6) is -0.0462. The van der Waals surface area contributed by atoms with Crippen LogP contribution in [0.25, 0.3) is 0 Å². The summed E-state index contributed by atoms with van der Waals surface area (Å²) in [7, 11) is 1.32. The van der Waals surface area contributed by atoms with E-state index in [2.05, 4.69) is 4.74 Å². The van der Waals surface area contributed by atoms with Gasteiger partial charge >= 0.3 is 6.09 Å². The Morgan fingerprint density at radius 1 is 1.47 bits per heavy atom. The van der Waals surface area contributed by atoms with Gasteiger partial charge < -0.3 is 9.64 Å². The summed E-state index contributed by atoms with van der Waals surface area (Å²) in [6.45, 7) is 5.80. The lowest BCUT2D eigenvalue weighted by Gasteiger charge is -2.25. The van der Waals surface area contributed by atoms with Crippen LogP contribution in [-0.2, 0) is 9.53 Å². The van der Waals surface area contributed by atoms with Gasteiger partial charge in [-0.1, -0.05) is 0 Å². The summed E-state index contributed by atoms with van der Waals surface area (Å²) in [5, 5.41) is 0. The van der Waals surface area contributed by atoms with Gasteiger partial charge in [0, 0.05) is 19.2 Å². The molecule has 0 atom stereocenters. The zero-order valence-corrected chi connectivity index (χ0v) is 9.48. The van der Waals surface area contributed by atoms with Crippen LogP contribution in [0.1, 0.15) is 20.8 Å². The first kappa shape index (κ1) is 11.6. The summed E-state index contributed by atoms with van der Waals surface area (Å²) in [4.78, 5) is 25.8. The molecule has 1 amide bonds. The molecule has 15 heavy (non-hydrogen) atoms. The fraction of sp³-hybridized carbons (Fsp3) is 0.600. The van der Waals surface area contributed by atoms with Crippen LogP contribution >= 0.6 is 0 Å². The number of carbonyl (C=O) groups excluding carboxylic acids is 2. The summed E-state index contributed by atoms with van der Waals surface area (Å²) >= 11 is 0. The van der Waals surface area contributed by atoms with Crippen molar-refractivity contribution in [3.8, 4) is 0 Å². The van der Waals surface area contributed by atoms with E-state index in [1.807, 2.05) is 18.7 Å². The van der Waals surface area contributed by atoms with Crippen LogP contribution in [0.4, 0.5) is 4.79 Å². The standard InChI is InChI=1S/C10H16N2O3/c1-7(2)12-6-11(10(14)15-4)5-9(12)8(3)13/h5,7H,6H2,1-4H3. The highest BCUT2D eigenvalue weighted by Crippen LogP contribution is 2.20. The molecule has 0 N–H and O–H groups in total. The molecule has 5 nitrogen and oxygen atoms in total. The zero-order chi connectivity index (χ0) is 11.6. The van der Waals surface area contributed by atoms with Crippen LogP contribution in [-0.4, -0.2) is 41.5 Å². The molecule has 1 aliphatic heterocycles. The second-order valence-electron chi connectivity index (χ2n) is 3.72. The van der Waals surface area contributed by atoms with Crippen molar-refractivity contribution >= 4 is 11.9 Å². The maximum atomic E-state index is 11.3. The lowest BCUT2D eigenvalue weighted by atomic mass is 10.2. The topological polar surface area (TPSA) is 49.9 Å². The SMILES string of the molecule is COC(=O)N1C=C(C(C)=O)N(C(C)C)C1. The average molecular weight is 212 g/mol. The highest BCUT2D eigenvalue weighted by atomic mass is 16.5. The third-order valence-electron chi connectivity index (χ3n) is 2.29. The molecule has 0 aliphatic carbocycles. The van der Waals surface area contributed by atoms with Gasteiger partial charge in [-0.05, 0) is 13.8 Å². The fourth-order valence-electron chi connectivity index (χ4n) is 1.47. The molecule has 5 heteroatoms. The molecule has 1 aliphatic rings. The molecule has 84 valence electrons. The fourth-order valence-corrected chi connectivity index (χ4v) is 1.47. The first-order chi connectivity index (χ1) is 6.97. The number of nitrogens with zero attached hydrogens (tertiary/aromatic N) is 2. The van der Waals surface area contributed by atoms with Crippen LogP contribution in [0.2, 0.25) is 0 Å². The van der Waals surface area contributed by atoms with Gasteiger partial charge in [0.25, 0.3) is 0 Å². The van der Waals surface area contributed by atoms with Crippen molar-refractivity contribution in [2.24, 2.45) is 0 Å². The van der Waals surface area contributed by atoms with E-state index in [9.17, 15) is 9.59 Å². The summed E-state index contributed by atoms with van der Waals surface area (Å²) in [6, 6.07) is 0.176. The summed E-state index contributed by atoms with van der Waals surface area (Å²) in [5.41, 5.74) is 0.551. The molecule has 0 aromatic heterocycles. The number of carbonyl (C=O) groups is 2. The maximum absolute atomic E-state index is 11.3. The summed E-state index contributed by atoms with van der Waals surface area (Å²) in [6.07, 6.45) is 1.09. The number of rotatable bonds is 2. The smallest absolute Gasteiger partial charge is 0.415 e. The Kier molecular flexibility index (Phi) is 3.34. The van der Waals surface area contributed by atoms with E-state index in [1.165, 1.54) is 25.1 Å². The quantitative estimate of drug-likeness (QED) is 0.689. The highest BCUT2D eigenvalue weighted by molar-refractivity contribution is 5.93. The number of allylic oxidation sites excluding steroid dienone is 1. The number of ketones is 1. The molecule has 0 bridgehead atoms. The van der Waals surface area contributed by atoms with Gasteiger partial charge in [0.15, 0.2) is 5.78 Å². The highest BCUT2D eigenvalue weighted by Gasteiger charge is 2.29. The Morgan fingerprint density at radius 2 is 2.07 bits per heavy atom. The van der Waals surface area contributed by atoms with Gasteiger partial charge in [-0.2, -0.15) is 0 Å². The maximum Gasteiger partial charge on any atom is 0.415 e. The van der Waals surface area contributed by atoms with Gasteiger partial charge in [-0.3, -0.25) is 9.69 Å². The van der Waals surface area contributed by atoms with Gasteiger partial charge in [0.2, 0.25) is 0 Å². The van der Waals surface area contributed by atoms with E-state index in [4.69, 9.17) is 0 Å². The number of ether oxygens (including phenoxy) is 1. The lowest BCUT2D eigenvalue weighted by Crippen LogP contribution is -2.36. The van der Waals surface area contributed by atoms with Gasteiger partial charge in [-0.15, -0.1) is 0 Å². The van der Waals surface area contributed by atoms with Crippen molar-refractivity contribution < 1.29 is 14.3 Å². The van der Waals surface area contributed by atoms with Crippen molar-refractivity contribution in [1.29, 1.82) is 0 Å². The monoisotopic (exact) mass is 212 g/mol. The van der Waals surface area contributed by atoms with Crippen molar-refractivity contribution in [3.63, 3.8) is 0 Å². The molecule has 1 heterocycles. The number of methoxy groups -OCH3 is 1. The van der Waals surface area contributed by atoms with E-state index in [0.717, 1.165) is 0 Å². The molecular formula is C10H16N2O3. The van der Waals surface area contributed by atoms with Crippen molar-refractivity contribution in [2.45, 2.75) is 26.8 Å². The van der Waals surface area contributed by atoms with E-state index in [0.29, 0.717) is 12.4 Å². The molecule has 0 saturated carbocycles. The van der Waals surface area contributed by atoms with Crippen molar-refractivity contribution in [1.82, 2.24) is 9.80 Å².